The van der Waals surface area contributed by atoms with Gasteiger partial charge >= 0.3 is 0 Å². The summed E-state index contributed by atoms with van der Waals surface area (Å²) >= 11 is 0. The van der Waals surface area contributed by atoms with Crippen LogP contribution in [0.1, 0.15) is 19.3 Å². The van der Waals surface area contributed by atoms with E-state index in [4.69, 9.17) is 4.74 Å². The van der Waals surface area contributed by atoms with Crippen molar-refractivity contribution in [1.82, 2.24) is 14.6 Å². The molecule has 1 saturated carbocycles. The van der Waals surface area contributed by atoms with Crippen molar-refractivity contribution in [3.8, 4) is 0 Å². The smallest absolute Gasteiger partial charge is 0.157 e. The molecule has 1 fully saturated rings. The maximum Gasteiger partial charge on any atom is 0.157 e. The maximum atomic E-state index is 5.46. The zero-order chi connectivity index (χ0) is 11.7. The third-order valence-electron chi connectivity index (χ3n) is 3.35. The highest BCUT2D eigenvalue weighted by atomic mass is 16.5. The second kappa shape index (κ2) is 4.33. The summed E-state index contributed by atoms with van der Waals surface area (Å²) < 4.78 is 7.22. The van der Waals surface area contributed by atoms with Gasteiger partial charge in [0.1, 0.15) is 5.82 Å². The quantitative estimate of drug-likeness (QED) is 0.875. The van der Waals surface area contributed by atoms with Crippen molar-refractivity contribution in [2.24, 2.45) is 0 Å². The molecule has 0 aliphatic heterocycles. The van der Waals surface area contributed by atoms with E-state index in [0.29, 0.717) is 12.1 Å². The Morgan fingerprint density at radius 3 is 3.24 bits per heavy atom. The minimum absolute atomic E-state index is 0.304. The van der Waals surface area contributed by atoms with Crippen LogP contribution >= 0.6 is 0 Å². The molecular weight excluding hydrogens is 216 g/mol. The van der Waals surface area contributed by atoms with Gasteiger partial charge in [0, 0.05) is 19.4 Å². The predicted molar refractivity (Wildman–Crippen MR) is 65.0 cm³/mol. The lowest BCUT2D eigenvalue weighted by Crippen LogP contribution is -2.30. The van der Waals surface area contributed by atoms with Crippen molar-refractivity contribution in [3.63, 3.8) is 0 Å². The van der Waals surface area contributed by atoms with E-state index >= 15 is 0 Å². The Morgan fingerprint density at radius 2 is 2.35 bits per heavy atom. The first-order valence-corrected chi connectivity index (χ1v) is 5.96. The van der Waals surface area contributed by atoms with Gasteiger partial charge in [0.15, 0.2) is 5.65 Å². The van der Waals surface area contributed by atoms with Gasteiger partial charge in [-0.15, -0.1) is 0 Å². The Bertz CT molecular complexity index is 510. The average molecular weight is 232 g/mol. The first-order valence-electron chi connectivity index (χ1n) is 5.96. The maximum absolute atomic E-state index is 5.46. The van der Waals surface area contributed by atoms with Crippen molar-refractivity contribution in [1.29, 1.82) is 0 Å². The molecule has 0 amide bonds. The van der Waals surface area contributed by atoms with Gasteiger partial charge in [0.25, 0.3) is 0 Å². The minimum Gasteiger partial charge on any atom is -0.379 e. The molecule has 1 N–H and O–H groups in total. The largest absolute Gasteiger partial charge is 0.379 e. The molecule has 17 heavy (non-hydrogen) atoms. The molecule has 1 aliphatic carbocycles. The molecule has 2 unspecified atom stereocenters. The van der Waals surface area contributed by atoms with Crippen LogP contribution in [0.2, 0.25) is 0 Å². The molecule has 5 heteroatoms. The molecule has 0 spiro atoms. The van der Waals surface area contributed by atoms with Crippen LogP contribution < -0.4 is 5.32 Å². The number of aromatic nitrogens is 3. The summed E-state index contributed by atoms with van der Waals surface area (Å²) in [6.45, 7) is 0. The zero-order valence-electron chi connectivity index (χ0n) is 9.84. The van der Waals surface area contributed by atoms with Crippen LogP contribution in [-0.4, -0.2) is 33.9 Å². The Morgan fingerprint density at radius 1 is 1.41 bits per heavy atom. The Labute approximate surface area is 99.8 Å². The van der Waals surface area contributed by atoms with E-state index in [-0.39, 0.29) is 0 Å². The molecule has 1 aliphatic rings. The number of rotatable bonds is 3. The van der Waals surface area contributed by atoms with Gasteiger partial charge in [-0.2, -0.15) is 5.10 Å². The van der Waals surface area contributed by atoms with Crippen molar-refractivity contribution in [2.75, 3.05) is 12.4 Å². The summed E-state index contributed by atoms with van der Waals surface area (Å²) in [6.07, 6.45) is 7.46. The molecule has 2 aromatic rings. The van der Waals surface area contributed by atoms with Crippen LogP contribution in [0.4, 0.5) is 5.82 Å². The fraction of sp³-hybridized carbons (Fsp3) is 0.500. The second-order valence-corrected chi connectivity index (χ2v) is 4.40. The van der Waals surface area contributed by atoms with Crippen molar-refractivity contribution in [3.05, 3.63) is 24.5 Å². The van der Waals surface area contributed by atoms with Gasteiger partial charge in [-0.05, 0) is 25.3 Å². The number of nitrogens with one attached hydrogen (secondary N) is 1. The van der Waals surface area contributed by atoms with E-state index in [9.17, 15) is 0 Å². The average Bonchev–Trinajstić information content (AvgIpc) is 2.96. The summed E-state index contributed by atoms with van der Waals surface area (Å²) in [5.74, 6) is 0.895. The fourth-order valence-corrected chi connectivity index (χ4v) is 2.46. The van der Waals surface area contributed by atoms with E-state index in [1.54, 1.807) is 17.8 Å². The number of hydrogen-bond donors (Lipinski definition) is 1. The van der Waals surface area contributed by atoms with Crippen molar-refractivity contribution < 1.29 is 4.74 Å². The summed E-state index contributed by atoms with van der Waals surface area (Å²) in [7, 11) is 1.78. The Kier molecular flexibility index (Phi) is 2.68. The summed E-state index contributed by atoms with van der Waals surface area (Å²) in [5, 5.41) is 7.57. The highest BCUT2D eigenvalue weighted by molar-refractivity contribution is 5.46. The van der Waals surface area contributed by atoms with Gasteiger partial charge in [-0.3, -0.25) is 0 Å². The van der Waals surface area contributed by atoms with Gasteiger partial charge < -0.3 is 10.1 Å². The molecule has 0 aromatic carbocycles. The number of fused-ring (bicyclic) bond motifs is 1. The number of nitrogens with zero attached hydrogens (tertiary/aromatic N) is 3. The summed E-state index contributed by atoms with van der Waals surface area (Å²) in [4.78, 5) is 4.50. The molecule has 0 bridgehead atoms. The molecule has 90 valence electrons. The third-order valence-corrected chi connectivity index (χ3v) is 3.35. The van der Waals surface area contributed by atoms with Crippen LogP contribution in [0.5, 0.6) is 0 Å². The van der Waals surface area contributed by atoms with Crippen molar-refractivity contribution >= 4 is 11.5 Å². The molecule has 2 aromatic heterocycles. The molecule has 0 saturated heterocycles. The zero-order valence-corrected chi connectivity index (χ0v) is 9.84. The normalized spacial score (nSPS) is 24.3. The topological polar surface area (TPSA) is 51.5 Å². The summed E-state index contributed by atoms with van der Waals surface area (Å²) in [6, 6.07) is 4.22. The van der Waals surface area contributed by atoms with Crippen LogP contribution in [0.15, 0.2) is 24.5 Å². The highest BCUT2D eigenvalue weighted by Gasteiger charge is 2.27. The lowest BCUT2D eigenvalue weighted by atomic mass is 10.2. The molecule has 3 rings (SSSR count). The SMILES string of the molecule is COC1CCCC1Nc1ccn2nccc2n1. The van der Waals surface area contributed by atoms with Gasteiger partial charge in [0.2, 0.25) is 0 Å². The summed E-state index contributed by atoms with van der Waals surface area (Å²) in [5.41, 5.74) is 0.863. The third kappa shape index (κ3) is 1.98. The number of anilines is 1. The monoisotopic (exact) mass is 232 g/mol. The second-order valence-electron chi connectivity index (χ2n) is 4.40. The van der Waals surface area contributed by atoms with Crippen LogP contribution in [-0.2, 0) is 4.74 Å². The lowest BCUT2D eigenvalue weighted by Gasteiger charge is -2.20. The molecule has 2 heterocycles. The van der Waals surface area contributed by atoms with E-state index in [2.05, 4.69) is 15.4 Å². The van der Waals surface area contributed by atoms with Gasteiger partial charge in [-0.25, -0.2) is 9.50 Å². The highest BCUT2D eigenvalue weighted by Crippen LogP contribution is 2.24. The Hall–Kier alpha value is -1.62. The van der Waals surface area contributed by atoms with Crippen molar-refractivity contribution in [2.45, 2.75) is 31.4 Å². The standard InChI is InChI=1S/C12H16N4O/c1-17-10-4-2-3-9(10)14-11-6-8-16-12(15-11)5-7-13-16/h5-10H,2-4H2,1H3,(H,14,15). The number of ether oxygens (including phenoxy) is 1. The van der Waals surface area contributed by atoms with Crippen LogP contribution in [0.3, 0.4) is 0 Å². The van der Waals surface area contributed by atoms with Gasteiger partial charge in [-0.1, -0.05) is 0 Å². The minimum atomic E-state index is 0.304. The number of methoxy groups -OCH3 is 1. The molecular formula is C12H16N4O. The first-order chi connectivity index (χ1) is 8.36. The van der Waals surface area contributed by atoms with Crippen LogP contribution in [0, 0.1) is 0 Å². The van der Waals surface area contributed by atoms with E-state index < -0.39 is 0 Å². The van der Waals surface area contributed by atoms with E-state index in [1.807, 2.05) is 18.3 Å². The Balaban J connectivity index is 1.79. The van der Waals surface area contributed by atoms with E-state index in [1.165, 1.54) is 6.42 Å². The number of hydrogen-bond acceptors (Lipinski definition) is 4. The van der Waals surface area contributed by atoms with E-state index in [0.717, 1.165) is 24.3 Å². The first kappa shape index (κ1) is 10.5. The van der Waals surface area contributed by atoms with Crippen LogP contribution in [0.25, 0.3) is 5.65 Å². The molecule has 0 radical (unpaired) electrons. The van der Waals surface area contributed by atoms with Gasteiger partial charge in [0.05, 0.1) is 18.3 Å². The predicted octanol–water partition coefficient (Wildman–Crippen LogP) is 1.71. The molecule has 5 nitrogen and oxygen atoms in total. The fourth-order valence-electron chi connectivity index (χ4n) is 2.46. The molecule has 2 atom stereocenters. The lowest BCUT2D eigenvalue weighted by molar-refractivity contribution is 0.101.